The Labute approximate surface area is 153 Å². The Kier molecular flexibility index (Phi) is 5.69. The number of nitrogens with zero attached hydrogens (tertiary/aromatic N) is 3. The second-order valence-electron chi connectivity index (χ2n) is 7.39. The molecular formula is C19H26N4O3. The summed E-state index contributed by atoms with van der Waals surface area (Å²) in [5, 5.41) is 16.7. The number of phenols is 1. The number of hydrogen-bond acceptors (Lipinski definition) is 4. The number of hydrogen-bond donors (Lipinski definition) is 2. The molecule has 2 aromatic rings. The van der Waals surface area contributed by atoms with Gasteiger partial charge in [-0.25, -0.2) is 0 Å². The first kappa shape index (κ1) is 19.5. The van der Waals surface area contributed by atoms with Crippen LogP contribution >= 0.6 is 0 Å². The number of amides is 2. The van der Waals surface area contributed by atoms with Gasteiger partial charge in [0.15, 0.2) is 0 Å². The molecule has 1 aromatic heterocycles. The number of aromatic hydroxyl groups is 1. The fraction of sp³-hybridized carbons (Fsp3) is 0.421. The van der Waals surface area contributed by atoms with Gasteiger partial charge in [0.25, 0.3) is 0 Å². The van der Waals surface area contributed by atoms with E-state index in [1.807, 2.05) is 26.8 Å². The van der Waals surface area contributed by atoms with Crippen LogP contribution in [0.4, 0.5) is 5.69 Å². The van der Waals surface area contributed by atoms with E-state index in [2.05, 4.69) is 10.4 Å². The standard InChI is InChI=1S/C19H26N4O3/c1-13(23-10-6-9-20-23)18(26)22(5)12-17(25)21-15-11-14(19(2,3)4)7-8-16(15)24/h6-11,13,24H,12H2,1-5H3,(H,21,25)/t13-/m0/s1. The van der Waals surface area contributed by atoms with E-state index < -0.39 is 6.04 Å². The van der Waals surface area contributed by atoms with E-state index in [1.54, 1.807) is 44.6 Å². The van der Waals surface area contributed by atoms with E-state index in [0.717, 1.165) is 5.56 Å². The van der Waals surface area contributed by atoms with E-state index in [4.69, 9.17) is 0 Å². The number of carbonyl (C=O) groups excluding carboxylic acids is 2. The van der Waals surface area contributed by atoms with Crippen LogP contribution in [0.5, 0.6) is 5.75 Å². The summed E-state index contributed by atoms with van der Waals surface area (Å²) in [5.41, 5.74) is 1.21. The molecule has 26 heavy (non-hydrogen) atoms. The van der Waals surface area contributed by atoms with Crippen LogP contribution < -0.4 is 5.32 Å². The van der Waals surface area contributed by atoms with Gasteiger partial charge in [0, 0.05) is 19.4 Å². The Balaban J connectivity index is 2.03. The molecule has 7 heteroatoms. The summed E-state index contributed by atoms with van der Waals surface area (Å²) in [5.74, 6) is -0.614. The van der Waals surface area contributed by atoms with Gasteiger partial charge in [0.2, 0.25) is 11.8 Å². The van der Waals surface area contributed by atoms with Crippen LogP contribution in [0.1, 0.15) is 39.3 Å². The highest BCUT2D eigenvalue weighted by Gasteiger charge is 2.22. The van der Waals surface area contributed by atoms with Gasteiger partial charge >= 0.3 is 0 Å². The Bertz CT molecular complexity index is 779. The Morgan fingerprint density at radius 2 is 2.04 bits per heavy atom. The fourth-order valence-electron chi connectivity index (χ4n) is 2.53. The Hall–Kier alpha value is -2.83. The van der Waals surface area contributed by atoms with Crippen molar-refractivity contribution < 1.29 is 14.7 Å². The Morgan fingerprint density at radius 1 is 1.35 bits per heavy atom. The fourth-order valence-corrected chi connectivity index (χ4v) is 2.53. The molecule has 0 aliphatic rings. The smallest absolute Gasteiger partial charge is 0.247 e. The van der Waals surface area contributed by atoms with Gasteiger partial charge in [0.05, 0.1) is 12.2 Å². The van der Waals surface area contributed by atoms with Crippen molar-refractivity contribution in [1.82, 2.24) is 14.7 Å². The zero-order valence-corrected chi connectivity index (χ0v) is 15.9. The van der Waals surface area contributed by atoms with Crippen LogP contribution in [0.2, 0.25) is 0 Å². The van der Waals surface area contributed by atoms with E-state index in [9.17, 15) is 14.7 Å². The molecule has 0 radical (unpaired) electrons. The maximum Gasteiger partial charge on any atom is 0.247 e. The summed E-state index contributed by atoms with van der Waals surface area (Å²) in [4.78, 5) is 26.1. The molecule has 1 heterocycles. The van der Waals surface area contributed by atoms with Crippen molar-refractivity contribution in [2.24, 2.45) is 0 Å². The molecule has 7 nitrogen and oxygen atoms in total. The van der Waals surface area contributed by atoms with Gasteiger partial charge < -0.3 is 15.3 Å². The van der Waals surface area contributed by atoms with Crippen molar-refractivity contribution in [2.75, 3.05) is 18.9 Å². The third-order valence-corrected chi connectivity index (χ3v) is 4.17. The van der Waals surface area contributed by atoms with Crippen molar-refractivity contribution in [3.8, 4) is 5.75 Å². The molecule has 2 N–H and O–H groups in total. The first-order chi connectivity index (χ1) is 12.1. The van der Waals surface area contributed by atoms with Crippen LogP contribution in [-0.4, -0.2) is 45.2 Å². The maximum absolute atomic E-state index is 12.4. The maximum atomic E-state index is 12.4. The van der Waals surface area contributed by atoms with E-state index in [1.165, 1.54) is 9.58 Å². The van der Waals surface area contributed by atoms with Gasteiger partial charge in [-0.2, -0.15) is 5.10 Å². The normalized spacial score (nSPS) is 12.5. The SMILES string of the molecule is C[C@@H](C(=O)N(C)CC(=O)Nc1cc(C(C)(C)C)ccc1O)n1cccn1. The average Bonchev–Trinajstić information content (AvgIpc) is 3.08. The van der Waals surface area contributed by atoms with E-state index in [-0.39, 0.29) is 29.5 Å². The van der Waals surface area contributed by atoms with Crippen molar-refractivity contribution in [3.63, 3.8) is 0 Å². The lowest BCUT2D eigenvalue weighted by Gasteiger charge is -2.22. The number of nitrogens with one attached hydrogen (secondary N) is 1. The van der Waals surface area contributed by atoms with Gasteiger partial charge in [-0.1, -0.05) is 26.8 Å². The minimum Gasteiger partial charge on any atom is -0.506 e. The average molecular weight is 358 g/mol. The largest absolute Gasteiger partial charge is 0.506 e. The quantitative estimate of drug-likeness (QED) is 0.804. The van der Waals surface area contributed by atoms with Crippen molar-refractivity contribution in [3.05, 3.63) is 42.2 Å². The Morgan fingerprint density at radius 3 is 2.62 bits per heavy atom. The summed E-state index contributed by atoms with van der Waals surface area (Å²) >= 11 is 0. The molecule has 2 amide bonds. The second kappa shape index (κ2) is 7.59. The summed E-state index contributed by atoms with van der Waals surface area (Å²) in [6.45, 7) is 7.75. The zero-order chi connectivity index (χ0) is 19.5. The van der Waals surface area contributed by atoms with Crippen LogP contribution in [0.3, 0.4) is 0 Å². The van der Waals surface area contributed by atoms with Crippen LogP contribution in [0.25, 0.3) is 0 Å². The van der Waals surface area contributed by atoms with Crippen molar-refractivity contribution in [2.45, 2.75) is 39.2 Å². The van der Waals surface area contributed by atoms with Gasteiger partial charge in [-0.3, -0.25) is 14.3 Å². The van der Waals surface area contributed by atoms with Crippen LogP contribution in [0.15, 0.2) is 36.7 Å². The number of phenolic OH excluding ortho intramolecular Hbond substituents is 1. The van der Waals surface area contributed by atoms with Crippen molar-refractivity contribution in [1.29, 1.82) is 0 Å². The molecule has 0 saturated carbocycles. The summed E-state index contributed by atoms with van der Waals surface area (Å²) in [6.07, 6.45) is 3.30. The molecule has 1 atom stereocenters. The summed E-state index contributed by atoms with van der Waals surface area (Å²) in [6, 6.07) is 6.38. The van der Waals surface area contributed by atoms with E-state index in [0.29, 0.717) is 5.69 Å². The number of rotatable bonds is 5. The predicted octanol–water partition coefficient (Wildman–Crippen LogP) is 2.54. The van der Waals surface area contributed by atoms with Crippen molar-refractivity contribution >= 4 is 17.5 Å². The molecule has 0 aliphatic carbocycles. The van der Waals surface area contributed by atoms with Gasteiger partial charge in [-0.05, 0) is 36.1 Å². The highest BCUT2D eigenvalue weighted by Crippen LogP contribution is 2.30. The molecule has 1 aromatic carbocycles. The van der Waals surface area contributed by atoms with Crippen LogP contribution in [0, 0.1) is 0 Å². The molecule has 2 rings (SSSR count). The first-order valence-electron chi connectivity index (χ1n) is 8.47. The highest BCUT2D eigenvalue weighted by atomic mass is 16.3. The third kappa shape index (κ3) is 4.62. The molecule has 0 spiro atoms. The third-order valence-electron chi connectivity index (χ3n) is 4.17. The summed E-state index contributed by atoms with van der Waals surface area (Å²) in [7, 11) is 1.56. The lowest BCUT2D eigenvalue weighted by molar-refractivity contribution is -0.136. The van der Waals surface area contributed by atoms with E-state index >= 15 is 0 Å². The lowest BCUT2D eigenvalue weighted by Crippen LogP contribution is -2.38. The molecular weight excluding hydrogens is 332 g/mol. The second-order valence-corrected chi connectivity index (χ2v) is 7.39. The topological polar surface area (TPSA) is 87.5 Å². The lowest BCUT2D eigenvalue weighted by atomic mass is 9.87. The molecule has 0 fully saturated rings. The van der Waals surface area contributed by atoms with Gasteiger partial charge in [0.1, 0.15) is 11.8 Å². The number of anilines is 1. The summed E-state index contributed by atoms with van der Waals surface area (Å²) < 4.78 is 1.54. The molecule has 0 bridgehead atoms. The molecule has 0 aliphatic heterocycles. The number of benzene rings is 1. The number of carbonyl (C=O) groups is 2. The predicted molar refractivity (Wildman–Crippen MR) is 100 cm³/mol. The first-order valence-corrected chi connectivity index (χ1v) is 8.47. The minimum absolute atomic E-state index is 0.00904. The monoisotopic (exact) mass is 358 g/mol. The molecule has 0 saturated heterocycles. The molecule has 0 unspecified atom stereocenters. The van der Waals surface area contributed by atoms with Crippen LogP contribution in [-0.2, 0) is 15.0 Å². The number of aromatic nitrogens is 2. The highest BCUT2D eigenvalue weighted by molar-refractivity contribution is 5.96. The van der Waals surface area contributed by atoms with Gasteiger partial charge in [-0.15, -0.1) is 0 Å². The zero-order valence-electron chi connectivity index (χ0n) is 15.9. The minimum atomic E-state index is -0.500. The molecule has 140 valence electrons. The number of likely N-dealkylation sites (N-methyl/N-ethyl adjacent to an activating group) is 1.